The summed E-state index contributed by atoms with van der Waals surface area (Å²) in [6, 6.07) is 8.48. The number of nitrogens with one attached hydrogen (secondary N) is 1. The smallest absolute Gasteiger partial charge is 0.267 e. The zero-order chi connectivity index (χ0) is 13.0. The van der Waals surface area contributed by atoms with E-state index in [9.17, 15) is 4.79 Å². The molecule has 0 aliphatic carbocycles. The zero-order valence-corrected chi connectivity index (χ0v) is 11.4. The Kier molecular flexibility index (Phi) is 4.36. The Bertz CT molecular complexity index is 582. The second-order valence-electron chi connectivity index (χ2n) is 3.34. The van der Waals surface area contributed by atoms with Crippen LogP contribution in [0.15, 0.2) is 40.8 Å². The molecule has 2 rings (SSSR count). The van der Waals surface area contributed by atoms with Gasteiger partial charge in [-0.1, -0.05) is 29.3 Å². The van der Waals surface area contributed by atoms with Crippen LogP contribution in [0.5, 0.6) is 0 Å². The van der Waals surface area contributed by atoms with Gasteiger partial charge in [0, 0.05) is 9.90 Å². The fourth-order valence-corrected chi connectivity index (χ4v) is 2.33. The molecule has 0 unspecified atom stereocenters. The van der Waals surface area contributed by atoms with Gasteiger partial charge in [-0.05, 0) is 29.6 Å². The molecule has 2 aromatic rings. The average molecular weight is 299 g/mol. The number of carbonyl (C=O) groups is 1. The largest absolute Gasteiger partial charge is 0.272 e. The Morgan fingerprint density at radius 1 is 1.33 bits per heavy atom. The van der Waals surface area contributed by atoms with Crippen molar-refractivity contribution in [2.24, 2.45) is 5.10 Å². The number of halogens is 2. The first-order valence-electron chi connectivity index (χ1n) is 4.99. The summed E-state index contributed by atoms with van der Waals surface area (Å²) in [6.07, 6.45) is 1.58. The van der Waals surface area contributed by atoms with Crippen LogP contribution in [0.25, 0.3) is 0 Å². The van der Waals surface area contributed by atoms with Crippen LogP contribution in [-0.2, 0) is 0 Å². The molecular weight excluding hydrogens is 291 g/mol. The van der Waals surface area contributed by atoms with E-state index in [4.69, 9.17) is 23.2 Å². The van der Waals surface area contributed by atoms with Gasteiger partial charge in [-0.15, -0.1) is 11.3 Å². The van der Waals surface area contributed by atoms with Crippen molar-refractivity contribution in [1.29, 1.82) is 0 Å². The fraction of sp³-hybridized carbons (Fsp3) is 0. The molecule has 3 nitrogen and oxygen atoms in total. The Morgan fingerprint density at radius 2 is 2.17 bits per heavy atom. The second-order valence-corrected chi connectivity index (χ2v) is 5.16. The highest BCUT2D eigenvalue weighted by atomic mass is 35.5. The molecule has 1 heterocycles. The van der Waals surface area contributed by atoms with Crippen LogP contribution in [0, 0.1) is 0 Å². The summed E-state index contributed by atoms with van der Waals surface area (Å²) in [5.74, 6) is -0.371. The summed E-state index contributed by atoms with van der Waals surface area (Å²) >= 11 is 13.2. The summed E-state index contributed by atoms with van der Waals surface area (Å²) in [4.78, 5) is 12.7. The quantitative estimate of drug-likeness (QED) is 0.679. The predicted octanol–water partition coefficient (Wildman–Crippen LogP) is 3.82. The van der Waals surface area contributed by atoms with Crippen molar-refractivity contribution in [2.45, 2.75) is 0 Å². The molecule has 0 bridgehead atoms. The van der Waals surface area contributed by atoms with E-state index in [1.54, 1.807) is 18.3 Å². The van der Waals surface area contributed by atoms with E-state index in [0.717, 1.165) is 4.88 Å². The van der Waals surface area contributed by atoms with Crippen molar-refractivity contribution in [3.63, 3.8) is 0 Å². The van der Waals surface area contributed by atoms with Crippen LogP contribution >= 0.6 is 34.5 Å². The topological polar surface area (TPSA) is 41.5 Å². The van der Waals surface area contributed by atoms with Gasteiger partial charge in [0.25, 0.3) is 5.91 Å². The number of thiophene rings is 1. The van der Waals surface area contributed by atoms with Crippen molar-refractivity contribution >= 4 is 46.7 Å². The highest BCUT2D eigenvalue weighted by Gasteiger charge is 2.09. The fourth-order valence-electron chi connectivity index (χ4n) is 1.25. The Balaban J connectivity index is 2.04. The summed E-state index contributed by atoms with van der Waals surface area (Å²) < 4.78 is 0. The number of hydrazone groups is 1. The minimum absolute atomic E-state index is 0.298. The molecule has 0 radical (unpaired) electrons. The Hall–Kier alpha value is -1.36. The van der Waals surface area contributed by atoms with E-state index < -0.39 is 0 Å². The third-order valence-corrected chi connectivity index (χ3v) is 3.43. The van der Waals surface area contributed by atoms with Crippen molar-refractivity contribution in [3.05, 3.63) is 56.2 Å². The van der Waals surface area contributed by atoms with Crippen LogP contribution in [0.2, 0.25) is 10.0 Å². The number of rotatable bonds is 3. The molecule has 18 heavy (non-hydrogen) atoms. The number of carbonyl (C=O) groups excluding carboxylic acids is 1. The number of hydrogen-bond acceptors (Lipinski definition) is 3. The summed E-state index contributed by atoms with van der Waals surface area (Å²) in [6.45, 7) is 0. The van der Waals surface area contributed by atoms with Crippen LogP contribution in [0.4, 0.5) is 0 Å². The third-order valence-electron chi connectivity index (χ3n) is 2.08. The van der Waals surface area contributed by atoms with E-state index in [1.807, 2.05) is 17.5 Å². The lowest BCUT2D eigenvalue weighted by Gasteiger charge is -2.02. The molecule has 1 aromatic carbocycles. The molecule has 6 heteroatoms. The monoisotopic (exact) mass is 298 g/mol. The number of amides is 1. The first kappa shape index (κ1) is 13.1. The minimum atomic E-state index is -0.371. The molecule has 0 saturated carbocycles. The molecule has 1 N–H and O–H groups in total. The SMILES string of the molecule is O=C(NN=Cc1cccs1)c1ccc(Cl)cc1Cl. The van der Waals surface area contributed by atoms with Gasteiger partial charge in [-0.25, -0.2) is 5.43 Å². The molecule has 0 saturated heterocycles. The predicted molar refractivity (Wildman–Crippen MR) is 75.8 cm³/mol. The van der Waals surface area contributed by atoms with Crippen LogP contribution < -0.4 is 5.43 Å². The van der Waals surface area contributed by atoms with Gasteiger partial charge in [0.1, 0.15) is 0 Å². The second kappa shape index (κ2) is 6.00. The zero-order valence-electron chi connectivity index (χ0n) is 9.06. The van der Waals surface area contributed by atoms with Gasteiger partial charge in [-0.3, -0.25) is 4.79 Å². The first-order chi connectivity index (χ1) is 8.66. The Morgan fingerprint density at radius 3 is 2.83 bits per heavy atom. The van der Waals surface area contributed by atoms with Crippen LogP contribution in [0.3, 0.4) is 0 Å². The number of benzene rings is 1. The molecule has 1 amide bonds. The van der Waals surface area contributed by atoms with Crippen molar-refractivity contribution in [2.75, 3.05) is 0 Å². The minimum Gasteiger partial charge on any atom is -0.267 e. The molecule has 0 aliphatic heterocycles. The highest BCUT2D eigenvalue weighted by Crippen LogP contribution is 2.20. The van der Waals surface area contributed by atoms with Crippen LogP contribution in [-0.4, -0.2) is 12.1 Å². The average Bonchev–Trinajstić information content (AvgIpc) is 2.81. The molecule has 0 aliphatic rings. The number of nitrogens with zero attached hydrogens (tertiary/aromatic N) is 1. The molecule has 0 spiro atoms. The van der Waals surface area contributed by atoms with Crippen molar-refractivity contribution in [1.82, 2.24) is 5.43 Å². The number of hydrogen-bond donors (Lipinski definition) is 1. The molecule has 92 valence electrons. The van der Waals surface area contributed by atoms with E-state index in [-0.39, 0.29) is 5.91 Å². The lowest BCUT2D eigenvalue weighted by atomic mass is 10.2. The van der Waals surface area contributed by atoms with Gasteiger partial charge < -0.3 is 0 Å². The van der Waals surface area contributed by atoms with Gasteiger partial charge in [0.15, 0.2) is 0 Å². The van der Waals surface area contributed by atoms with Crippen molar-refractivity contribution in [3.8, 4) is 0 Å². The molecular formula is C12H8Cl2N2OS. The maximum atomic E-state index is 11.8. The van der Waals surface area contributed by atoms with Crippen molar-refractivity contribution < 1.29 is 4.79 Å². The molecule has 0 atom stereocenters. The van der Waals surface area contributed by atoms with Gasteiger partial charge in [0.05, 0.1) is 16.8 Å². The van der Waals surface area contributed by atoms with Gasteiger partial charge >= 0.3 is 0 Å². The standard InChI is InChI=1S/C12H8Cl2N2OS/c13-8-3-4-10(11(14)6-8)12(17)16-15-7-9-2-1-5-18-9/h1-7H,(H,16,17). The lowest BCUT2D eigenvalue weighted by molar-refractivity contribution is 0.0955. The third kappa shape index (κ3) is 3.32. The van der Waals surface area contributed by atoms with E-state index >= 15 is 0 Å². The van der Waals surface area contributed by atoms with E-state index in [2.05, 4.69) is 10.5 Å². The summed E-state index contributed by atoms with van der Waals surface area (Å²) in [7, 11) is 0. The van der Waals surface area contributed by atoms with Gasteiger partial charge in [-0.2, -0.15) is 5.10 Å². The summed E-state index contributed by atoms with van der Waals surface area (Å²) in [5, 5.41) is 6.56. The highest BCUT2D eigenvalue weighted by molar-refractivity contribution is 7.11. The summed E-state index contributed by atoms with van der Waals surface area (Å²) in [5.41, 5.74) is 2.74. The maximum absolute atomic E-state index is 11.8. The molecule has 1 aromatic heterocycles. The van der Waals surface area contributed by atoms with Crippen LogP contribution in [0.1, 0.15) is 15.2 Å². The van der Waals surface area contributed by atoms with E-state index in [1.165, 1.54) is 17.4 Å². The van der Waals surface area contributed by atoms with Gasteiger partial charge in [0.2, 0.25) is 0 Å². The normalized spacial score (nSPS) is 10.8. The first-order valence-corrected chi connectivity index (χ1v) is 6.62. The van der Waals surface area contributed by atoms with E-state index in [0.29, 0.717) is 15.6 Å². The Labute approximate surface area is 118 Å². The molecule has 0 fully saturated rings. The maximum Gasteiger partial charge on any atom is 0.272 e. The lowest BCUT2D eigenvalue weighted by Crippen LogP contribution is -2.17.